The molecule has 0 aliphatic rings. The SMILES string of the molecule is CCOCCCNc1nnc(Sc2ccc(S(C)(=O)=O)cc2[N+](=O)[O-])s1. The molecule has 0 saturated carbocycles. The van der Waals surface area contributed by atoms with Crippen LogP contribution in [0.25, 0.3) is 0 Å². The summed E-state index contributed by atoms with van der Waals surface area (Å²) in [6.45, 7) is 3.95. The molecule has 0 saturated heterocycles. The maximum atomic E-state index is 11.6. The summed E-state index contributed by atoms with van der Waals surface area (Å²) in [6.07, 6.45) is 1.83. The van der Waals surface area contributed by atoms with E-state index in [4.69, 9.17) is 4.74 Å². The lowest BCUT2D eigenvalue weighted by Gasteiger charge is -2.03. The minimum Gasteiger partial charge on any atom is -0.382 e. The van der Waals surface area contributed by atoms with Gasteiger partial charge < -0.3 is 10.1 Å². The smallest absolute Gasteiger partial charge is 0.284 e. The molecule has 1 heterocycles. The van der Waals surface area contributed by atoms with Gasteiger partial charge >= 0.3 is 0 Å². The zero-order valence-electron chi connectivity index (χ0n) is 14.2. The Labute approximate surface area is 159 Å². The second-order valence-electron chi connectivity index (χ2n) is 5.11. The number of nitrogens with zero attached hydrogens (tertiary/aromatic N) is 3. The van der Waals surface area contributed by atoms with E-state index in [0.717, 1.165) is 30.5 Å². The van der Waals surface area contributed by atoms with Crippen molar-refractivity contribution >= 4 is 43.8 Å². The molecular formula is C14H18N4O5S3. The van der Waals surface area contributed by atoms with Crippen LogP contribution in [0.1, 0.15) is 13.3 Å². The summed E-state index contributed by atoms with van der Waals surface area (Å²) >= 11 is 2.34. The summed E-state index contributed by atoms with van der Waals surface area (Å²) < 4.78 is 28.9. The number of aromatic nitrogens is 2. The van der Waals surface area contributed by atoms with Gasteiger partial charge in [-0.1, -0.05) is 11.3 Å². The fourth-order valence-electron chi connectivity index (χ4n) is 1.89. The molecule has 1 aromatic heterocycles. The molecule has 0 fully saturated rings. The summed E-state index contributed by atoms with van der Waals surface area (Å²) in [4.78, 5) is 10.9. The van der Waals surface area contributed by atoms with Crippen LogP contribution in [-0.2, 0) is 14.6 Å². The van der Waals surface area contributed by atoms with Gasteiger partial charge in [0.1, 0.15) is 0 Å². The summed E-state index contributed by atoms with van der Waals surface area (Å²) in [5, 5.41) is 23.0. The number of sulfone groups is 1. The van der Waals surface area contributed by atoms with Gasteiger partial charge in [-0.2, -0.15) is 0 Å². The molecule has 1 aromatic carbocycles. The Kier molecular flexibility index (Phi) is 7.32. The monoisotopic (exact) mass is 418 g/mol. The first kappa shape index (κ1) is 20.6. The number of benzene rings is 1. The molecule has 9 nitrogen and oxygen atoms in total. The van der Waals surface area contributed by atoms with Gasteiger partial charge in [-0.3, -0.25) is 10.1 Å². The van der Waals surface area contributed by atoms with E-state index in [9.17, 15) is 18.5 Å². The number of hydrogen-bond donors (Lipinski definition) is 1. The van der Waals surface area contributed by atoms with Gasteiger partial charge in [0, 0.05) is 32.1 Å². The lowest BCUT2D eigenvalue weighted by Crippen LogP contribution is -2.05. The molecule has 0 amide bonds. The number of ether oxygens (including phenoxy) is 1. The van der Waals surface area contributed by atoms with E-state index < -0.39 is 14.8 Å². The van der Waals surface area contributed by atoms with Gasteiger partial charge in [0.25, 0.3) is 5.69 Å². The predicted octanol–water partition coefficient (Wildman–Crippen LogP) is 2.84. The number of hydrogen-bond acceptors (Lipinski definition) is 10. The van der Waals surface area contributed by atoms with E-state index in [-0.39, 0.29) is 10.6 Å². The highest BCUT2D eigenvalue weighted by Crippen LogP contribution is 2.38. The summed E-state index contributed by atoms with van der Waals surface area (Å²) in [5.74, 6) is 0. The Morgan fingerprint density at radius 1 is 1.38 bits per heavy atom. The molecule has 12 heteroatoms. The van der Waals surface area contributed by atoms with Crippen molar-refractivity contribution in [3.63, 3.8) is 0 Å². The summed E-state index contributed by atoms with van der Waals surface area (Å²) in [6, 6.07) is 3.82. The van der Waals surface area contributed by atoms with E-state index in [0.29, 0.717) is 34.1 Å². The van der Waals surface area contributed by atoms with E-state index in [1.165, 1.54) is 23.5 Å². The molecule has 0 radical (unpaired) electrons. The Morgan fingerprint density at radius 2 is 2.15 bits per heavy atom. The quantitative estimate of drug-likeness (QED) is 0.352. The standard InChI is InChI=1S/C14H18N4O5S3/c1-3-23-8-4-7-15-13-16-17-14(25-13)24-12-6-5-10(26(2,21)22)9-11(12)18(19)20/h5-6,9H,3-4,7-8H2,1-2H3,(H,15,16). The van der Waals surface area contributed by atoms with E-state index in [2.05, 4.69) is 15.5 Å². The predicted molar refractivity (Wildman–Crippen MR) is 99.8 cm³/mol. The van der Waals surface area contributed by atoms with Gasteiger partial charge in [-0.25, -0.2) is 8.42 Å². The average molecular weight is 419 g/mol. The number of rotatable bonds is 10. The van der Waals surface area contributed by atoms with Gasteiger partial charge in [-0.05, 0) is 37.2 Å². The van der Waals surface area contributed by atoms with Crippen molar-refractivity contribution in [2.24, 2.45) is 0 Å². The normalized spacial score (nSPS) is 11.5. The number of nitro benzene ring substituents is 1. The minimum atomic E-state index is -3.52. The van der Waals surface area contributed by atoms with Gasteiger partial charge in [0.2, 0.25) is 5.13 Å². The van der Waals surface area contributed by atoms with E-state index in [1.807, 2.05) is 6.92 Å². The highest BCUT2D eigenvalue weighted by molar-refractivity contribution is 8.01. The van der Waals surface area contributed by atoms with Crippen molar-refractivity contribution in [1.29, 1.82) is 0 Å². The lowest BCUT2D eigenvalue weighted by molar-refractivity contribution is -0.388. The third-order valence-electron chi connectivity index (χ3n) is 3.10. The fraction of sp³-hybridized carbons (Fsp3) is 0.429. The molecular weight excluding hydrogens is 400 g/mol. The zero-order valence-corrected chi connectivity index (χ0v) is 16.6. The largest absolute Gasteiger partial charge is 0.382 e. The minimum absolute atomic E-state index is 0.0949. The molecule has 2 rings (SSSR count). The van der Waals surface area contributed by atoms with Crippen molar-refractivity contribution in [1.82, 2.24) is 10.2 Å². The lowest BCUT2D eigenvalue weighted by atomic mass is 10.3. The molecule has 0 aliphatic heterocycles. The highest BCUT2D eigenvalue weighted by atomic mass is 32.2. The molecule has 1 N–H and O–H groups in total. The van der Waals surface area contributed by atoms with E-state index in [1.54, 1.807) is 0 Å². The van der Waals surface area contributed by atoms with Crippen LogP contribution < -0.4 is 5.32 Å². The molecule has 0 aliphatic carbocycles. The summed E-state index contributed by atoms with van der Waals surface area (Å²) in [7, 11) is -3.52. The maximum absolute atomic E-state index is 11.6. The van der Waals surface area contributed by atoms with Gasteiger partial charge in [-0.15, -0.1) is 10.2 Å². The number of nitrogens with one attached hydrogen (secondary N) is 1. The second kappa shape index (κ2) is 9.26. The van der Waals surface area contributed by atoms with Crippen LogP contribution in [0.15, 0.2) is 32.3 Å². The van der Waals surface area contributed by atoms with Crippen LogP contribution in [0.4, 0.5) is 10.8 Å². The first-order valence-corrected chi connectivity index (χ1v) is 11.1. The molecule has 0 unspecified atom stereocenters. The van der Waals surface area contributed by atoms with Crippen molar-refractivity contribution < 1.29 is 18.1 Å². The Bertz CT molecular complexity index is 869. The Morgan fingerprint density at radius 3 is 2.81 bits per heavy atom. The molecule has 142 valence electrons. The summed E-state index contributed by atoms with van der Waals surface area (Å²) in [5.41, 5.74) is -0.278. The first-order valence-electron chi connectivity index (χ1n) is 7.62. The average Bonchev–Trinajstić information content (AvgIpc) is 3.01. The second-order valence-corrected chi connectivity index (χ2v) is 9.39. The van der Waals surface area contributed by atoms with Crippen LogP contribution in [-0.4, -0.2) is 49.6 Å². The maximum Gasteiger partial charge on any atom is 0.284 e. The fourth-order valence-corrected chi connectivity index (χ4v) is 4.35. The highest BCUT2D eigenvalue weighted by Gasteiger charge is 2.20. The molecule has 26 heavy (non-hydrogen) atoms. The molecule has 2 aromatic rings. The zero-order chi connectivity index (χ0) is 19.2. The molecule has 0 bridgehead atoms. The van der Waals surface area contributed by atoms with Crippen molar-refractivity contribution in [3.8, 4) is 0 Å². The Balaban J connectivity index is 2.08. The van der Waals surface area contributed by atoms with Gasteiger partial charge in [0.05, 0.1) is 14.7 Å². The number of anilines is 1. The van der Waals surface area contributed by atoms with Crippen molar-refractivity contribution in [2.45, 2.75) is 27.5 Å². The van der Waals surface area contributed by atoms with Gasteiger partial charge in [0.15, 0.2) is 14.2 Å². The van der Waals surface area contributed by atoms with Crippen molar-refractivity contribution in [2.75, 3.05) is 31.3 Å². The third kappa shape index (κ3) is 5.90. The van der Waals surface area contributed by atoms with Crippen LogP contribution in [0.3, 0.4) is 0 Å². The molecule has 0 spiro atoms. The van der Waals surface area contributed by atoms with Crippen LogP contribution in [0.2, 0.25) is 0 Å². The van der Waals surface area contributed by atoms with Crippen molar-refractivity contribution in [3.05, 3.63) is 28.3 Å². The van der Waals surface area contributed by atoms with Crippen LogP contribution in [0.5, 0.6) is 0 Å². The van der Waals surface area contributed by atoms with E-state index >= 15 is 0 Å². The molecule has 0 atom stereocenters. The topological polar surface area (TPSA) is 124 Å². The Hall–Kier alpha value is -1.76. The van der Waals surface area contributed by atoms with Crippen LogP contribution in [0, 0.1) is 10.1 Å². The van der Waals surface area contributed by atoms with Crippen LogP contribution >= 0.6 is 23.1 Å². The third-order valence-corrected chi connectivity index (χ3v) is 6.21. The first-order chi connectivity index (χ1) is 12.3. The number of nitro groups is 1.